The van der Waals surface area contributed by atoms with Crippen LogP contribution < -0.4 is 0 Å². The maximum Gasteiger partial charge on any atom is 0.339 e. The number of hydrogen-bond acceptors (Lipinski definition) is 5. The molecule has 0 spiro atoms. The van der Waals surface area contributed by atoms with E-state index >= 15 is 0 Å². The lowest BCUT2D eigenvalue weighted by molar-refractivity contribution is -0.153. The number of fused-ring (bicyclic) bond motifs is 1. The molecule has 2 aromatic carbocycles. The van der Waals surface area contributed by atoms with Crippen LogP contribution in [0.25, 0.3) is 0 Å². The van der Waals surface area contributed by atoms with E-state index in [1.807, 2.05) is 36.4 Å². The molecule has 2 aliphatic rings. The predicted octanol–water partition coefficient (Wildman–Crippen LogP) is 1.94. The molecule has 0 saturated carbocycles. The summed E-state index contributed by atoms with van der Waals surface area (Å²) in [6, 6.07) is 18.1. The minimum absolute atomic E-state index is 0.172. The summed E-state index contributed by atoms with van der Waals surface area (Å²) in [5.74, 6) is -3.07. The summed E-state index contributed by atoms with van der Waals surface area (Å²) >= 11 is 0. The van der Waals surface area contributed by atoms with E-state index in [9.17, 15) is 14.4 Å². The van der Waals surface area contributed by atoms with Crippen LogP contribution in [0.4, 0.5) is 0 Å². The first-order valence-electron chi connectivity index (χ1n) is 8.68. The number of likely N-dealkylation sites (tertiary alicyclic amines) is 1. The average Bonchev–Trinajstić information content (AvgIpc) is 3.22. The highest BCUT2D eigenvalue weighted by atomic mass is 16.5. The number of hydrogen-bond donors (Lipinski definition) is 0. The molecule has 2 aromatic rings. The van der Waals surface area contributed by atoms with E-state index in [1.54, 1.807) is 24.3 Å². The molecule has 0 N–H and O–H groups in total. The molecule has 2 aliphatic heterocycles. The minimum Gasteiger partial charge on any atom is -0.467 e. The van der Waals surface area contributed by atoms with Crippen molar-refractivity contribution >= 4 is 24.0 Å². The largest absolute Gasteiger partial charge is 0.467 e. The summed E-state index contributed by atoms with van der Waals surface area (Å²) in [6.07, 6.45) is 1.43. The molecule has 3 atom stereocenters. The van der Waals surface area contributed by atoms with Crippen LogP contribution in [-0.4, -0.2) is 36.0 Å². The highest BCUT2D eigenvalue weighted by Crippen LogP contribution is 2.48. The second-order valence-electron chi connectivity index (χ2n) is 6.65. The fourth-order valence-electron chi connectivity index (χ4n) is 3.94. The Morgan fingerprint density at radius 2 is 1.67 bits per heavy atom. The van der Waals surface area contributed by atoms with Crippen LogP contribution in [0.5, 0.6) is 0 Å². The van der Waals surface area contributed by atoms with Gasteiger partial charge >= 0.3 is 5.97 Å². The lowest BCUT2D eigenvalue weighted by atomic mass is 9.76. The summed E-state index contributed by atoms with van der Waals surface area (Å²) in [5, 5.41) is 0. The first-order valence-corrected chi connectivity index (χ1v) is 8.68. The Morgan fingerprint density at radius 1 is 1.04 bits per heavy atom. The maximum absolute atomic E-state index is 13.2. The zero-order chi connectivity index (χ0) is 19.0. The number of rotatable bonds is 4. The fourth-order valence-corrected chi connectivity index (χ4v) is 3.94. The monoisotopic (exact) mass is 362 g/mol. The van der Waals surface area contributed by atoms with E-state index in [2.05, 4.69) is 4.99 Å². The van der Waals surface area contributed by atoms with E-state index in [-0.39, 0.29) is 12.5 Å². The van der Waals surface area contributed by atoms with E-state index in [4.69, 9.17) is 4.74 Å². The van der Waals surface area contributed by atoms with E-state index in [1.165, 1.54) is 18.2 Å². The summed E-state index contributed by atoms with van der Waals surface area (Å²) in [7, 11) is 1.26. The van der Waals surface area contributed by atoms with Crippen LogP contribution in [0.1, 0.15) is 11.1 Å². The van der Waals surface area contributed by atoms with Gasteiger partial charge in [-0.25, -0.2) is 4.79 Å². The number of nitrogens with zero attached hydrogens (tertiary/aromatic N) is 2. The Labute approximate surface area is 156 Å². The van der Waals surface area contributed by atoms with Gasteiger partial charge in [-0.1, -0.05) is 60.7 Å². The molecule has 27 heavy (non-hydrogen) atoms. The first-order chi connectivity index (χ1) is 13.1. The van der Waals surface area contributed by atoms with Gasteiger partial charge in [0.05, 0.1) is 25.5 Å². The van der Waals surface area contributed by atoms with Crippen molar-refractivity contribution in [2.24, 2.45) is 16.8 Å². The molecule has 0 aliphatic carbocycles. The van der Waals surface area contributed by atoms with Crippen LogP contribution in [0.15, 0.2) is 65.7 Å². The van der Waals surface area contributed by atoms with E-state index in [0.717, 1.165) is 5.56 Å². The van der Waals surface area contributed by atoms with Gasteiger partial charge < -0.3 is 4.74 Å². The topological polar surface area (TPSA) is 76.0 Å². The molecule has 0 aromatic heterocycles. The van der Waals surface area contributed by atoms with Crippen molar-refractivity contribution in [3.05, 3.63) is 71.8 Å². The molecule has 1 fully saturated rings. The molecular formula is C21H18N2O4. The third-order valence-electron chi connectivity index (χ3n) is 5.23. The van der Waals surface area contributed by atoms with E-state index < -0.39 is 29.3 Å². The highest BCUT2D eigenvalue weighted by Gasteiger charge is 2.64. The number of benzene rings is 2. The number of carbonyl (C=O) groups is 3. The number of ether oxygens (including phenoxy) is 1. The molecular weight excluding hydrogens is 344 g/mol. The number of esters is 1. The predicted molar refractivity (Wildman–Crippen MR) is 97.6 cm³/mol. The number of amides is 2. The standard InChI is InChI=1S/C21H18N2O4/c1-27-20(26)21(15-10-6-3-7-11-15)17-16(12-22-21)18(24)23(19(17)25)13-14-8-4-2-5-9-14/h2-12,16-17H,13H2,1H3/t16-,17+,21+/m1/s1. The van der Waals surface area contributed by atoms with Gasteiger partial charge in [0, 0.05) is 6.21 Å². The second kappa shape index (κ2) is 6.46. The average molecular weight is 362 g/mol. The molecule has 2 heterocycles. The molecule has 0 unspecified atom stereocenters. The Bertz CT molecular complexity index is 926. The molecule has 0 radical (unpaired) electrons. The van der Waals surface area contributed by atoms with Crippen molar-refractivity contribution in [3.8, 4) is 0 Å². The van der Waals surface area contributed by atoms with Crippen molar-refractivity contribution in [3.63, 3.8) is 0 Å². The van der Waals surface area contributed by atoms with Gasteiger partial charge in [-0.05, 0) is 11.1 Å². The zero-order valence-corrected chi connectivity index (χ0v) is 14.7. The first kappa shape index (κ1) is 17.1. The molecule has 0 bridgehead atoms. The van der Waals surface area contributed by atoms with Gasteiger partial charge in [-0.3, -0.25) is 19.5 Å². The minimum atomic E-state index is -1.53. The summed E-state index contributed by atoms with van der Waals surface area (Å²) in [5.41, 5.74) is -0.137. The van der Waals surface area contributed by atoms with Gasteiger partial charge in [0.15, 0.2) is 5.54 Å². The van der Waals surface area contributed by atoms with Gasteiger partial charge in [-0.2, -0.15) is 0 Å². The Kier molecular flexibility index (Phi) is 4.11. The number of carbonyl (C=O) groups excluding carboxylic acids is 3. The zero-order valence-electron chi connectivity index (χ0n) is 14.7. The summed E-state index contributed by atoms with van der Waals surface area (Å²) in [6.45, 7) is 0.172. The SMILES string of the molecule is COC(=O)[C@@]1(c2ccccc2)N=C[C@H]2C(=O)N(Cc3ccccc3)C(=O)[C@H]21. The van der Waals surface area contributed by atoms with Crippen LogP contribution in [-0.2, 0) is 31.2 Å². The fraction of sp³-hybridized carbons (Fsp3) is 0.238. The Balaban J connectivity index is 1.76. The highest BCUT2D eigenvalue weighted by molar-refractivity contribution is 6.16. The van der Waals surface area contributed by atoms with Gasteiger partial charge in [0.25, 0.3) is 0 Å². The van der Waals surface area contributed by atoms with Crippen LogP contribution in [0.3, 0.4) is 0 Å². The number of imide groups is 1. The quantitative estimate of drug-likeness (QED) is 0.615. The normalized spacial score (nSPS) is 26.3. The lowest BCUT2D eigenvalue weighted by Crippen LogP contribution is -2.45. The molecule has 6 heteroatoms. The smallest absolute Gasteiger partial charge is 0.339 e. The van der Waals surface area contributed by atoms with Crippen molar-refractivity contribution in [2.75, 3.05) is 7.11 Å². The second-order valence-corrected chi connectivity index (χ2v) is 6.65. The van der Waals surface area contributed by atoms with Gasteiger partial charge in [0.2, 0.25) is 11.8 Å². The van der Waals surface area contributed by atoms with E-state index in [0.29, 0.717) is 5.56 Å². The Hall–Kier alpha value is -3.28. The van der Waals surface area contributed by atoms with Crippen molar-refractivity contribution < 1.29 is 19.1 Å². The maximum atomic E-state index is 13.2. The molecule has 2 amide bonds. The summed E-state index contributed by atoms with van der Waals surface area (Å²) in [4.78, 5) is 44.5. The van der Waals surface area contributed by atoms with Crippen LogP contribution in [0, 0.1) is 11.8 Å². The Morgan fingerprint density at radius 3 is 2.30 bits per heavy atom. The van der Waals surface area contributed by atoms with Crippen LogP contribution in [0.2, 0.25) is 0 Å². The third kappa shape index (κ3) is 2.48. The molecule has 6 nitrogen and oxygen atoms in total. The van der Waals surface area contributed by atoms with Crippen molar-refractivity contribution in [2.45, 2.75) is 12.1 Å². The van der Waals surface area contributed by atoms with Crippen molar-refractivity contribution in [1.29, 1.82) is 0 Å². The molecule has 1 saturated heterocycles. The number of methoxy groups -OCH3 is 1. The van der Waals surface area contributed by atoms with Crippen LogP contribution >= 0.6 is 0 Å². The third-order valence-corrected chi connectivity index (χ3v) is 5.23. The van der Waals surface area contributed by atoms with Gasteiger partial charge in [-0.15, -0.1) is 0 Å². The number of aliphatic imine (C=N–C) groups is 1. The summed E-state index contributed by atoms with van der Waals surface area (Å²) < 4.78 is 5.00. The van der Waals surface area contributed by atoms with Gasteiger partial charge in [0.1, 0.15) is 0 Å². The lowest BCUT2D eigenvalue weighted by Gasteiger charge is -2.29. The molecule has 136 valence electrons. The van der Waals surface area contributed by atoms with Crippen molar-refractivity contribution in [1.82, 2.24) is 4.90 Å². The molecule has 4 rings (SSSR count).